The van der Waals surface area contributed by atoms with Crippen LogP contribution in [0, 0.1) is 0 Å². The van der Waals surface area contributed by atoms with E-state index in [-0.39, 0.29) is 54.9 Å². The molecule has 0 saturated carbocycles. The van der Waals surface area contributed by atoms with Crippen LogP contribution in [0.4, 0.5) is 11.9 Å². The van der Waals surface area contributed by atoms with E-state index >= 15 is 0 Å². The molecule has 0 radical (unpaired) electrons. The first-order chi connectivity index (χ1) is 11.1. The lowest BCUT2D eigenvalue weighted by Crippen LogP contribution is -2.30. The van der Waals surface area contributed by atoms with Gasteiger partial charge in [0.2, 0.25) is 23.7 Å². The fourth-order valence-electron chi connectivity index (χ4n) is 2.88. The molecule has 0 bridgehead atoms. The van der Waals surface area contributed by atoms with Gasteiger partial charge >= 0.3 is 0 Å². The third-order valence-electron chi connectivity index (χ3n) is 3.98. The van der Waals surface area contributed by atoms with Gasteiger partial charge in [-0.1, -0.05) is 30.3 Å². The number of fused-ring (bicyclic) bond motifs is 1. The zero-order chi connectivity index (χ0) is 16.0. The van der Waals surface area contributed by atoms with E-state index in [0.717, 1.165) is 10.5 Å². The van der Waals surface area contributed by atoms with Crippen molar-refractivity contribution >= 4 is 29.6 Å². The second kappa shape index (κ2) is 5.01. The van der Waals surface area contributed by atoms with E-state index in [2.05, 4.69) is 15.4 Å². The largest absolute Gasteiger partial charge is 0.295 e. The topological polar surface area (TPSA) is 97.2 Å². The summed E-state index contributed by atoms with van der Waals surface area (Å²) in [5.74, 6) is -0.543. The van der Waals surface area contributed by atoms with E-state index in [1.165, 1.54) is 0 Å². The van der Waals surface area contributed by atoms with E-state index in [9.17, 15) is 14.4 Å². The van der Waals surface area contributed by atoms with Crippen molar-refractivity contribution in [2.75, 3.05) is 10.2 Å². The number of rotatable bonds is 2. The lowest BCUT2D eigenvalue weighted by Gasteiger charge is -2.23. The second-order valence-corrected chi connectivity index (χ2v) is 5.48. The second-order valence-electron chi connectivity index (χ2n) is 5.48. The smallest absolute Gasteiger partial charge is 0.260 e. The highest BCUT2D eigenvalue weighted by atomic mass is 16.2. The number of amides is 3. The summed E-state index contributed by atoms with van der Waals surface area (Å²) in [6, 6.07) is 9.15. The number of hydrogen-bond donors (Lipinski definition) is 1. The Labute approximate surface area is 131 Å². The number of carbonyl (C=O) groups is 3. The number of hydrogen-bond acceptors (Lipinski definition) is 5. The van der Waals surface area contributed by atoms with E-state index in [0.29, 0.717) is 0 Å². The fraction of sp³-hybridized carbons (Fsp3) is 0.267. The summed E-state index contributed by atoms with van der Waals surface area (Å²) in [4.78, 5) is 40.8. The molecule has 4 rings (SSSR count). The van der Waals surface area contributed by atoms with Crippen molar-refractivity contribution in [3.8, 4) is 0 Å². The van der Waals surface area contributed by atoms with Crippen molar-refractivity contribution in [3.05, 3.63) is 35.9 Å². The molecule has 1 saturated heterocycles. The Morgan fingerprint density at radius 3 is 2.43 bits per heavy atom. The zero-order valence-electron chi connectivity index (χ0n) is 12.1. The van der Waals surface area contributed by atoms with Crippen LogP contribution in [0.2, 0.25) is 0 Å². The minimum Gasteiger partial charge on any atom is -0.295 e. The molecule has 0 unspecified atom stereocenters. The highest BCUT2D eigenvalue weighted by Crippen LogP contribution is 2.31. The first-order valence-electron chi connectivity index (χ1n) is 7.30. The summed E-state index contributed by atoms with van der Waals surface area (Å²) in [5.41, 5.74) is 0.916. The molecule has 8 heteroatoms. The van der Waals surface area contributed by atoms with E-state index in [4.69, 9.17) is 0 Å². The standard InChI is InChI=1S/C15H13N5O3/c21-11-8-10(9-4-2-1-3-5-9)20-14(16-11)17-15(18-20)19-12(22)6-7-13(19)23/h1-5,10H,6-8H2,(H,16,17,18,21)/t10-/m1/s1. The van der Waals surface area contributed by atoms with Crippen molar-refractivity contribution in [1.82, 2.24) is 14.8 Å². The van der Waals surface area contributed by atoms with Crippen molar-refractivity contribution in [3.63, 3.8) is 0 Å². The quantitative estimate of drug-likeness (QED) is 0.830. The van der Waals surface area contributed by atoms with Gasteiger partial charge in [0, 0.05) is 12.8 Å². The van der Waals surface area contributed by atoms with E-state index < -0.39 is 0 Å². The summed E-state index contributed by atoms with van der Waals surface area (Å²) in [6.45, 7) is 0. The van der Waals surface area contributed by atoms with Gasteiger partial charge < -0.3 is 0 Å². The molecule has 1 aromatic carbocycles. The minimum atomic E-state index is -0.319. The van der Waals surface area contributed by atoms with Crippen molar-refractivity contribution in [2.24, 2.45) is 0 Å². The molecular formula is C15H13N5O3. The molecule has 1 aromatic heterocycles. The average molecular weight is 311 g/mol. The number of aromatic nitrogens is 3. The number of imide groups is 1. The molecule has 116 valence electrons. The van der Waals surface area contributed by atoms with Crippen LogP contribution in [0.25, 0.3) is 0 Å². The van der Waals surface area contributed by atoms with Crippen LogP contribution < -0.4 is 10.2 Å². The lowest BCUT2D eigenvalue weighted by atomic mass is 10.0. The summed E-state index contributed by atoms with van der Waals surface area (Å²) in [5, 5.41) is 6.94. The highest BCUT2D eigenvalue weighted by molar-refractivity contribution is 6.18. The third kappa shape index (κ3) is 2.19. The Hall–Kier alpha value is -3.03. The van der Waals surface area contributed by atoms with Gasteiger partial charge in [0.25, 0.3) is 5.95 Å². The van der Waals surface area contributed by atoms with Gasteiger partial charge in [-0.3, -0.25) is 19.7 Å². The predicted molar refractivity (Wildman–Crippen MR) is 79.6 cm³/mol. The predicted octanol–water partition coefficient (Wildman–Crippen LogP) is 0.863. The highest BCUT2D eigenvalue weighted by Gasteiger charge is 2.36. The molecule has 0 spiro atoms. The van der Waals surface area contributed by atoms with Gasteiger partial charge in [-0.25, -0.2) is 9.58 Å². The maximum Gasteiger partial charge on any atom is 0.260 e. The molecule has 8 nitrogen and oxygen atoms in total. The Bertz CT molecular complexity index is 798. The zero-order valence-corrected chi connectivity index (χ0v) is 12.1. The first kappa shape index (κ1) is 13.6. The molecule has 1 atom stereocenters. The monoisotopic (exact) mass is 311 g/mol. The maximum absolute atomic E-state index is 11.9. The van der Waals surface area contributed by atoms with Crippen LogP contribution in [-0.2, 0) is 14.4 Å². The Morgan fingerprint density at radius 1 is 1.04 bits per heavy atom. The minimum absolute atomic E-state index is 0.0237. The number of anilines is 2. The molecule has 1 fully saturated rings. The Morgan fingerprint density at radius 2 is 1.74 bits per heavy atom. The maximum atomic E-state index is 11.9. The van der Waals surface area contributed by atoms with Gasteiger partial charge in [0.1, 0.15) is 0 Å². The molecular weight excluding hydrogens is 298 g/mol. The van der Waals surface area contributed by atoms with Gasteiger partial charge in [-0.2, -0.15) is 4.98 Å². The molecule has 3 heterocycles. The molecule has 2 aliphatic rings. The Balaban J connectivity index is 1.78. The summed E-state index contributed by atoms with van der Waals surface area (Å²) < 4.78 is 1.56. The van der Waals surface area contributed by atoms with Crippen LogP contribution in [0.15, 0.2) is 30.3 Å². The fourth-order valence-corrected chi connectivity index (χ4v) is 2.88. The van der Waals surface area contributed by atoms with Crippen LogP contribution >= 0.6 is 0 Å². The number of benzene rings is 1. The van der Waals surface area contributed by atoms with Gasteiger partial charge in [0.15, 0.2) is 0 Å². The number of nitrogens with zero attached hydrogens (tertiary/aromatic N) is 4. The lowest BCUT2D eigenvalue weighted by molar-refractivity contribution is -0.121. The molecule has 2 aromatic rings. The van der Waals surface area contributed by atoms with E-state index in [1.807, 2.05) is 30.3 Å². The normalized spacial score (nSPS) is 20.6. The van der Waals surface area contributed by atoms with E-state index in [1.54, 1.807) is 4.68 Å². The first-order valence-corrected chi connectivity index (χ1v) is 7.30. The summed E-state index contributed by atoms with van der Waals surface area (Å²) in [7, 11) is 0. The van der Waals surface area contributed by atoms with Gasteiger partial charge in [0.05, 0.1) is 12.5 Å². The summed E-state index contributed by atoms with van der Waals surface area (Å²) >= 11 is 0. The average Bonchev–Trinajstić information content (AvgIpc) is 3.10. The van der Waals surface area contributed by atoms with Gasteiger partial charge in [-0.15, -0.1) is 5.10 Å². The summed E-state index contributed by atoms with van der Waals surface area (Å²) in [6.07, 6.45) is 0.552. The van der Waals surface area contributed by atoms with Gasteiger partial charge in [-0.05, 0) is 5.56 Å². The van der Waals surface area contributed by atoms with Crippen LogP contribution in [0.1, 0.15) is 30.9 Å². The van der Waals surface area contributed by atoms with Crippen molar-refractivity contribution < 1.29 is 14.4 Å². The van der Waals surface area contributed by atoms with Crippen molar-refractivity contribution in [2.45, 2.75) is 25.3 Å². The Kier molecular flexibility index (Phi) is 2.97. The molecule has 1 N–H and O–H groups in total. The third-order valence-corrected chi connectivity index (χ3v) is 3.98. The molecule has 3 amide bonds. The molecule has 23 heavy (non-hydrogen) atoms. The SMILES string of the molecule is O=C1C[C@H](c2ccccc2)n2nc(N3C(=O)CCC3=O)nc2N1. The van der Waals surface area contributed by atoms with Crippen LogP contribution in [0.5, 0.6) is 0 Å². The number of carbonyl (C=O) groups excluding carboxylic acids is 3. The van der Waals surface area contributed by atoms with Crippen molar-refractivity contribution in [1.29, 1.82) is 0 Å². The van der Waals surface area contributed by atoms with Crippen LogP contribution in [-0.4, -0.2) is 32.5 Å². The molecule has 2 aliphatic heterocycles. The van der Waals surface area contributed by atoms with Crippen LogP contribution in [0.3, 0.4) is 0 Å². The number of nitrogens with one attached hydrogen (secondary N) is 1. The molecule has 0 aliphatic carbocycles.